The molecule has 0 saturated heterocycles. The number of nitrogens with zero attached hydrogens (tertiary/aromatic N) is 2. The van der Waals surface area contributed by atoms with E-state index in [0.717, 1.165) is 18.3 Å². The number of fused-ring (bicyclic) bond motifs is 1. The quantitative estimate of drug-likeness (QED) is 0.556. The van der Waals surface area contributed by atoms with Gasteiger partial charge in [-0.1, -0.05) is 30.3 Å². The maximum absolute atomic E-state index is 12.7. The van der Waals surface area contributed by atoms with Gasteiger partial charge in [0.25, 0.3) is 11.5 Å². The lowest BCUT2D eigenvalue weighted by atomic mass is 10.1. The van der Waals surface area contributed by atoms with Crippen LogP contribution in [0.3, 0.4) is 0 Å². The second-order valence-electron chi connectivity index (χ2n) is 5.27. The highest BCUT2D eigenvalue weighted by molar-refractivity contribution is 6.04. The average Bonchev–Trinajstić information content (AvgIpc) is 2.62. The summed E-state index contributed by atoms with van der Waals surface area (Å²) in [6.45, 7) is 0. The molecule has 0 radical (unpaired) electrons. The number of halogens is 3. The van der Waals surface area contributed by atoms with Gasteiger partial charge < -0.3 is 0 Å². The van der Waals surface area contributed by atoms with Gasteiger partial charge in [-0.25, -0.2) is 10.5 Å². The second kappa shape index (κ2) is 6.79. The molecule has 9 heteroatoms. The molecule has 3 aromatic rings. The molecule has 2 aromatic carbocycles. The van der Waals surface area contributed by atoms with Crippen molar-refractivity contribution in [1.82, 2.24) is 15.6 Å². The van der Waals surface area contributed by atoms with E-state index in [-0.39, 0.29) is 16.6 Å². The molecule has 0 spiro atoms. The van der Waals surface area contributed by atoms with Crippen LogP contribution < -0.4 is 11.0 Å². The van der Waals surface area contributed by atoms with E-state index in [4.69, 9.17) is 0 Å². The van der Waals surface area contributed by atoms with E-state index >= 15 is 0 Å². The van der Waals surface area contributed by atoms with Crippen molar-refractivity contribution in [3.63, 3.8) is 0 Å². The number of aromatic amines is 1. The molecule has 0 aliphatic rings. The largest absolute Gasteiger partial charge is 0.416 e. The van der Waals surface area contributed by atoms with E-state index in [2.05, 4.69) is 20.7 Å². The third kappa shape index (κ3) is 3.61. The Morgan fingerprint density at radius 3 is 2.58 bits per heavy atom. The minimum atomic E-state index is -4.47. The zero-order valence-corrected chi connectivity index (χ0v) is 13.0. The first-order chi connectivity index (χ1) is 12.4. The van der Waals surface area contributed by atoms with Crippen LogP contribution in [-0.2, 0) is 6.18 Å². The van der Waals surface area contributed by atoms with Gasteiger partial charge >= 0.3 is 6.18 Å². The number of H-pyrrole nitrogens is 1. The third-order valence-electron chi connectivity index (χ3n) is 3.50. The minimum absolute atomic E-state index is 0.0543. The first-order valence-electron chi connectivity index (χ1n) is 7.34. The number of aromatic nitrogens is 2. The van der Waals surface area contributed by atoms with Crippen molar-refractivity contribution < 1.29 is 18.0 Å². The van der Waals surface area contributed by atoms with Crippen LogP contribution in [0.25, 0.3) is 10.8 Å². The lowest BCUT2D eigenvalue weighted by Crippen LogP contribution is -2.22. The molecule has 132 valence electrons. The number of carbonyl (C=O) groups excluding carboxylic acids is 1. The molecule has 1 heterocycles. The van der Waals surface area contributed by atoms with Crippen LogP contribution >= 0.6 is 0 Å². The van der Waals surface area contributed by atoms with E-state index in [9.17, 15) is 22.8 Å². The highest BCUT2D eigenvalue weighted by Gasteiger charge is 2.30. The maximum Gasteiger partial charge on any atom is 0.416 e. The standard InChI is InChI=1S/C17H11F3N4O2/c18-17(19,20)11-5-3-4-10(8-11)9-21-23-16(26)14-12-6-1-2-7-13(12)15(25)24-22-14/h1-9H,(H,23,26)(H,24,25)/b21-9-. The molecule has 0 unspecified atom stereocenters. The number of rotatable bonds is 3. The predicted molar refractivity (Wildman–Crippen MR) is 88.9 cm³/mol. The van der Waals surface area contributed by atoms with E-state index in [1.165, 1.54) is 12.1 Å². The molecular formula is C17H11F3N4O2. The Labute approximate surface area is 144 Å². The predicted octanol–water partition coefficient (Wildman–Crippen LogP) is 2.71. The molecule has 2 N–H and O–H groups in total. The van der Waals surface area contributed by atoms with Crippen molar-refractivity contribution in [3.8, 4) is 0 Å². The summed E-state index contributed by atoms with van der Waals surface area (Å²) in [5.41, 5.74) is 1.04. The summed E-state index contributed by atoms with van der Waals surface area (Å²) in [7, 11) is 0. The van der Waals surface area contributed by atoms with Gasteiger partial charge in [0.05, 0.1) is 17.2 Å². The van der Waals surface area contributed by atoms with E-state index in [1.54, 1.807) is 24.3 Å². The number of benzene rings is 2. The number of hydrogen-bond donors (Lipinski definition) is 2. The van der Waals surface area contributed by atoms with Gasteiger partial charge in [0.15, 0.2) is 5.69 Å². The number of alkyl halides is 3. The fourth-order valence-electron chi connectivity index (χ4n) is 2.30. The zero-order valence-electron chi connectivity index (χ0n) is 13.0. The summed E-state index contributed by atoms with van der Waals surface area (Å²) < 4.78 is 38.0. The fraction of sp³-hybridized carbons (Fsp3) is 0.0588. The number of hydrazone groups is 1. The Morgan fingerprint density at radius 2 is 1.85 bits per heavy atom. The molecule has 6 nitrogen and oxygen atoms in total. The molecule has 0 atom stereocenters. The fourth-order valence-corrected chi connectivity index (χ4v) is 2.30. The smallest absolute Gasteiger partial charge is 0.267 e. The average molecular weight is 360 g/mol. The van der Waals surface area contributed by atoms with Gasteiger partial charge in [-0.05, 0) is 23.8 Å². The van der Waals surface area contributed by atoms with E-state index in [0.29, 0.717) is 5.39 Å². The third-order valence-corrected chi connectivity index (χ3v) is 3.50. The van der Waals surface area contributed by atoms with Gasteiger partial charge in [-0.15, -0.1) is 0 Å². The van der Waals surface area contributed by atoms with Gasteiger partial charge in [0.2, 0.25) is 0 Å². The van der Waals surface area contributed by atoms with Crippen LogP contribution in [0, 0.1) is 0 Å². The minimum Gasteiger partial charge on any atom is -0.267 e. The normalized spacial score (nSPS) is 11.8. The van der Waals surface area contributed by atoms with Crippen molar-refractivity contribution in [2.24, 2.45) is 5.10 Å². The van der Waals surface area contributed by atoms with Crippen molar-refractivity contribution in [3.05, 3.63) is 75.7 Å². The molecule has 26 heavy (non-hydrogen) atoms. The lowest BCUT2D eigenvalue weighted by molar-refractivity contribution is -0.137. The first-order valence-corrected chi connectivity index (χ1v) is 7.34. The van der Waals surface area contributed by atoms with Crippen LogP contribution in [0.1, 0.15) is 21.6 Å². The molecule has 0 bridgehead atoms. The van der Waals surface area contributed by atoms with Gasteiger partial charge in [0.1, 0.15) is 0 Å². The zero-order chi connectivity index (χ0) is 18.7. The molecule has 0 aliphatic heterocycles. The second-order valence-corrected chi connectivity index (χ2v) is 5.27. The molecule has 1 aromatic heterocycles. The molecule has 0 saturated carbocycles. The summed E-state index contributed by atoms with van der Waals surface area (Å²) >= 11 is 0. The molecule has 3 rings (SSSR count). The van der Waals surface area contributed by atoms with Gasteiger partial charge in [0, 0.05) is 5.39 Å². The summed E-state index contributed by atoms with van der Waals surface area (Å²) in [6, 6.07) is 10.9. The Hall–Kier alpha value is -3.49. The monoisotopic (exact) mass is 360 g/mol. The van der Waals surface area contributed by atoms with Crippen LogP contribution in [0.5, 0.6) is 0 Å². The van der Waals surface area contributed by atoms with Gasteiger partial charge in [-0.2, -0.15) is 23.4 Å². The molecular weight excluding hydrogens is 349 g/mol. The number of carbonyl (C=O) groups is 1. The maximum atomic E-state index is 12.7. The van der Waals surface area contributed by atoms with Crippen molar-refractivity contribution in [2.45, 2.75) is 6.18 Å². The van der Waals surface area contributed by atoms with Crippen LogP contribution in [0.15, 0.2) is 58.4 Å². The number of nitrogens with one attached hydrogen (secondary N) is 2. The first kappa shape index (κ1) is 17.3. The van der Waals surface area contributed by atoms with Crippen LogP contribution in [-0.4, -0.2) is 22.3 Å². The van der Waals surface area contributed by atoms with E-state index < -0.39 is 23.2 Å². The number of hydrogen-bond acceptors (Lipinski definition) is 4. The summed E-state index contributed by atoms with van der Waals surface area (Å²) in [5.74, 6) is -0.708. The van der Waals surface area contributed by atoms with Crippen molar-refractivity contribution in [1.29, 1.82) is 0 Å². The summed E-state index contributed by atoms with van der Waals surface area (Å²) in [4.78, 5) is 23.9. The SMILES string of the molecule is O=C(N/N=C\c1cccc(C(F)(F)F)c1)c1n[nH]c(=O)c2ccccc12. The van der Waals surface area contributed by atoms with E-state index in [1.807, 2.05) is 0 Å². The molecule has 0 aliphatic carbocycles. The summed E-state index contributed by atoms with van der Waals surface area (Å²) in [5, 5.41) is 10.2. The highest BCUT2D eigenvalue weighted by atomic mass is 19.4. The Balaban J connectivity index is 1.81. The van der Waals surface area contributed by atoms with Crippen LogP contribution in [0.2, 0.25) is 0 Å². The Morgan fingerprint density at radius 1 is 1.12 bits per heavy atom. The topological polar surface area (TPSA) is 87.2 Å². The Bertz CT molecular complexity index is 1060. The number of amides is 1. The van der Waals surface area contributed by atoms with Crippen molar-refractivity contribution >= 4 is 22.9 Å². The van der Waals surface area contributed by atoms with Crippen molar-refractivity contribution in [2.75, 3.05) is 0 Å². The van der Waals surface area contributed by atoms with Gasteiger partial charge in [-0.3, -0.25) is 9.59 Å². The lowest BCUT2D eigenvalue weighted by Gasteiger charge is -2.06. The van der Waals surface area contributed by atoms with Crippen LogP contribution in [0.4, 0.5) is 13.2 Å². The summed E-state index contributed by atoms with van der Waals surface area (Å²) in [6.07, 6.45) is -3.38. The molecule has 0 fully saturated rings. The molecule has 1 amide bonds. The Kier molecular flexibility index (Phi) is 4.53. The highest BCUT2D eigenvalue weighted by Crippen LogP contribution is 2.29.